The first kappa shape index (κ1) is 14.1. The first-order valence-corrected chi connectivity index (χ1v) is 7.04. The predicted octanol–water partition coefficient (Wildman–Crippen LogP) is 2.47. The molecule has 0 aromatic heterocycles. The maximum atomic E-state index is 12.3. The second-order valence-corrected chi connectivity index (χ2v) is 5.54. The summed E-state index contributed by atoms with van der Waals surface area (Å²) in [6, 6.07) is 7.26. The highest BCUT2D eigenvalue weighted by molar-refractivity contribution is 9.10. The molecule has 102 valence electrons. The van der Waals surface area contributed by atoms with Crippen molar-refractivity contribution < 1.29 is 14.3 Å². The van der Waals surface area contributed by atoms with Gasteiger partial charge in [-0.1, -0.05) is 15.9 Å². The SMILES string of the molecule is COC(=O)[C@@H]1CCCN(C(=O)c2ccc(Br)cc2)C1. The maximum Gasteiger partial charge on any atom is 0.310 e. The highest BCUT2D eigenvalue weighted by Crippen LogP contribution is 2.20. The van der Waals surface area contributed by atoms with Crippen molar-refractivity contribution in [2.75, 3.05) is 20.2 Å². The summed E-state index contributed by atoms with van der Waals surface area (Å²) in [7, 11) is 1.39. The number of rotatable bonds is 2. The number of ether oxygens (including phenoxy) is 1. The number of esters is 1. The van der Waals surface area contributed by atoms with Crippen molar-refractivity contribution in [2.45, 2.75) is 12.8 Å². The average molecular weight is 326 g/mol. The third-order valence-corrected chi connectivity index (χ3v) is 3.86. The zero-order chi connectivity index (χ0) is 13.8. The van der Waals surface area contributed by atoms with Crippen LogP contribution in [0.4, 0.5) is 0 Å². The van der Waals surface area contributed by atoms with E-state index in [1.165, 1.54) is 7.11 Å². The molecular formula is C14H16BrNO3. The fourth-order valence-corrected chi connectivity index (χ4v) is 2.56. The first-order chi connectivity index (χ1) is 9.11. The van der Waals surface area contributed by atoms with Crippen LogP contribution in [0.15, 0.2) is 28.7 Å². The Bertz CT molecular complexity index is 472. The van der Waals surface area contributed by atoms with Gasteiger partial charge in [0.1, 0.15) is 0 Å². The number of hydrogen-bond acceptors (Lipinski definition) is 3. The highest BCUT2D eigenvalue weighted by atomic mass is 79.9. The molecule has 1 aromatic rings. The second kappa shape index (κ2) is 6.19. The van der Waals surface area contributed by atoms with Crippen LogP contribution < -0.4 is 0 Å². The molecule has 0 radical (unpaired) electrons. The molecule has 1 aliphatic heterocycles. The Hall–Kier alpha value is -1.36. The summed E-state index contributed by atoms with van der Waals surface area (Å²) in [6.45, 7) is 1.14. The molecule has 1 saturated heterocycles. The molecule has 1 fully saturated rings. The fourth-order valence-electron chi connectivity index (χ4n) is 2.30. The highest BCUT2D eigenvalue weighted by Gasteiger charge is 2.29. The Kier molecular flexibility index (Phi) is 4.58. The van der Waals surface area contributed by atoms with Crippen LogP contribution in [0.1, 0.15) is 23.2 Å². The first-order valence-electron chi connectivity index (χ1n) is 6.24. The van der Waals surface area contributed by atoms with Gasteiger partial charge in [0.15, 0.2) is 0 Å². The van der Waals surface area contributed by atoms with Crippen LogP contribution in [-0.2, 0) is 9.53 Å². The molecule has 1 aromatic carbocycles. The lowest BCUT2D eigenvalue weighted by Gasteiger charge is -2.31. The van der Waals surface area contributed by atoms with Gasteiger partial charge in [-0.15, -0.1) is 0 Å². The van der Waals surface area contributed by atoms with Gasteiger partial charge in [-0.25, -0.2) is 0 Å². The number of nitrogens with zero attached hydrogens (tertiary/aromatic N) is 1. The molecule has 0 N–H and O–H groups in total. The van der Waals surface area contributed by atoms with Crippen molar-refractivity contribution in [3.63, 3.8) is 0 Å². The molecule has 0 spiro atoms. The van der Waals surface area contributed by atoms with Gasteiger partial charge in [0.2, 0.25) is 0 Å². The minimum absolute atomic E-state index is 0.0268. The summed E-state index contributed by atoms with van der Waals surface area (Å²) in [4.78, 5) is 25.6. The van der Waals surface area contributed by atoms with E-state index in [1.54, 1.807) is 17.0 Å². The van der Waals surface area contributed by atoms with E-state index in [2.05, 4.69) is 15.9 Å². The van der Waals surface area contributed by atoms with Gasteiger partial charge in [-0.2, -0.15) is 0 Å². The Morgan fingerprint density at radius 1 is 1.32 bits per heavy atom. The van der Waals surface area contributed by atoms with Crippen molar-refractivity contribution in [2.24, 2.45) is 5.92 Å². The maximum absolute atomic E-state index is 12.3. The second-order valence-electron chi connectivity index (χ2n) is 4.62. The van der Waals surface area contributed by atoms with Gasteiger partial charge >= 0.3 is 5.97 Å². The topological polar surface area (TPSA) is 46.6 Å². The van der Waals surface area contributed by atoms with Crippen molar-refractivity contribution in [1.29, 1.82) is 0 Å². The molecule has 4 nitrogen and oxygen atoms in total. The van der Waals surface area contributed by atoms with E-state index in [-0.39, 0.29) is 17.8 Å². The van der Waals surface area contributed by atoms with E-state index in [4.69, 9.17) is 4.74 Å². The lowest BCUT2D eigenvalue weighted by molar-refractivity contribution is -0.146. The fraction of sp³-hybridized carbons (Fsp3) is 0.429. The number of piperidine rings is 1. The van der Waals surface area contributed by atoms with Crippen LogP contribution in [0.3, 0.4) is 0 Å². The van der Waals surface area contributed by atoms with Crippen molar-refractivity contribution in [1.82, 2.24) is 4.90 Å². The van der Waals surface area contributed by atoms with Gasteiger partial charge in [-0.3, -0.25) is 9.59 Å². The number of carbonyl (C=O) groups excluding carboxylic acids is 2. The molecule has 19 heavy (non-hydrogen) atoms. The Morgan fingerprint density at radius 3 is 2.63 bits per heavy atom. The lowest BCUT2D eigenvalue weighted by Crippen LogP contribution is -2.42. The molecule has 0 aliphatic carbocycles. The van der Waals surface area contributed by atoms with E-state index in [0.29, 0.717) is 18.7 Å². The summed E-state index contributed by atoms with van der Waals surface area (Å²) >= 11 is 3.34. The number of carbonyl (C=O) groups is 2. The zero-order valence-corrected chi connectivity index (χ0v) is 12.4. The third-order valence-electron chi connectivity index (χ3n) is 3.33. The van der Waals surface area contributed by atoms with E-state index in [1.807, 2.05) is 12.1 Å². The zero-order valence-electron chi connectivity index (χ0n) is 10.8. The van der Waals surface area contributed by atoms with Crippen LogP contribution in [0.5, 0.6) is 0 Å². The van der Waals surface area contributed by atoms with E-state index in [0.717, 1.165) is 17.3 Å². The molecule has 5 heteroatoms. The summed E-state index contributed by atoms with van der Waals surface area (Å²) < 4.78 is 5.70. The molecule has 1 aliphatic rings. The molecular weight excluding hydrogens is 310 g/mol. The normalized spacial score (nSPS) is 19.1. The Labute approximate surface area is 120 Å². The number of methoxy groups -OCH3 is 1. The van der Waals surface area contributed by atoms with Gasteiger partial charge in [0, 0.05) is 23.1 Å². The summed E-state index contributed by atoms with van der Waals surface area (Å²) in [6.07, 6.45) is 1.62. The molecule has 1 heterocycles. The van der Waals surface area contributed by atoms with Crippen molar-refractivity contribution in [3.05, 3.63) is 34.3 Å². The molecule has 2 rings (SSSR count). The van der Waals surface area contributed by atoms with Gasteiger partial charge < -0.3 is 9.64 Å². The van der Waals surface area contributed by atoms with Crippen LogP contribution in [-0.4, -0.2) is 37.0 Å². The summed E-state index contributed by atoms with van der Waals surface area (Å²) in [5.41, 5.74) is 0.647. The minimum atomic E-state index is -0.228. The Balaban J connectivity index is 2.06. The quantitative estimate of drug-likeness (QED) is 0.785. The predicted molar refractivity (Wildman–Crippen MR) is 74.8 cm³/mol. The number of likely N-dealkylation sites (tertiary alicyclic amines) is 1. The largest absolute Gasteiger partial charge is 0.469 e. The summed E-state index contributed by atoms with van der Waals surface area (Å²) in [5, 5.41) is 0. The van der Waals surface area contributed by atoms with Gasteiger partial charge in [0.05, 0.1) is 13.0 Å². The average Bonchev–Trinajstić information content (AvgIpc) is 2.46. The van der Waals surface area contributed by atoms with Gasteiger partial charge in [0.25, 0.3) is 5.91 Å². The minimum Gasteiger partial charge on any atom is -0.469 e. The van der Waals surface area contributed by atoms with E-state index in [9.17, 15) is 9.59 Å². The number of benzene rings is 1. The molecule has 1 amide bonds. The summed E-state index contributed by atoms with van der Waals surface area (Å²) in [5.74, 6) is -0.451. The molecule has 0 saturated carbocycles. The van der Waals surface area contributed by atoms with E-state index >= 15 is 0 Å². The van der Waals surface area contributed by atoms with Crippen LogP contribution in [0.2, 0.25) is 0 Å². The standard InChI is InChI=1S/C14H16BrNO3/c1-19-14(18)11-3-2-8-16(9-11)13(17)10-4-6-12(15)7-5-10/h4-7,11H,2-3,8-9H2,1H3/t11-/m1/s1. The molecule has 0 unspecified atom stereocenters. The number of hydrogen-bond donors (Lipinski definition) is 0. The van der Waals surface area contributed by atoms with Crippen molar-refractivity contribution in [3.8, 4) is 0 Å². The van der Waals surface area contributed by atoms with Crippen LogP contribution in [0, 0.1) is 5.92 Å². The molecule has 0 bridgehead atoms. The van der Waals surface area contributed by atoms with Crippen molar-refractivity contribution >= 4 is 27.8 Å². The molecule has 1 atom stereocenters. The monoisotopic (exact) mass is 325 g/mol. The van der Waals surface area contributed by atoms with Crippen LogP contribution >= 0.6 is 15.9 Å². The number of halogens is 1. The van der Waals surface area contributed by atoms with Crippen LogP contribution in [0.25, 0.3) is 0 Å². The smallest absolute Gasteiger partial charge is 0.310 e. The third kappa shape index (κ3) is 3.35. The van der Waals surface area contributed by atoms with E-state index < -0.39 is 0 Å². The number of amides is 1. The Morgan fingerprint density at radius 2 is 2.00 bits per heavy atom. The van der Waals surface area contributed by atoms with Gasteiger partial charge in [-0.05, 0) is 37.1 Å². The lowest BCUT2D eigenvalue weighted by atomic mass is 9.97.